The molecule has 0 spiro atoms. The molecule has 6 nitrogen and oxygen atoms in total. The number of carbonyl (C=O) groups is 1. The standard InChI is InChI=1S/C20H21N3O3S2/c1-12-3-6-16(9-13(12)2)21-19(24)14-4-7-15(8-5-14)22-20-23-17-10-28(25,26)11-18(17)27-20/h3-9,17-18H,10-11H2,1-2H3,(H,21,24)(H,22,23)/t17-,18-/m0/s1. The molecule has 2 aliphatic heterocycles. The smallest absolute Gasteiger partial charge is 0.255 e. The Balaban J connectivity index is 1.39. The lowest BCUT2D eigenvalue weighted by Gasteiger charge is -2.09. The average molecular weight is 416 g/mol. The highest BCUT2D eigenvalue weighted by molar-refractivity contribution is 8.15. The average Bonchev–Trinajstić information content (AvgIpc) is 3.11. The highest BCUT2D eigenvalue weighted by Crippen LogP contribution is 2.34. The van der Waals surface area contributed by atoms with Gasteiger partial charge in [0.25, 0.3) is 5.91 Å². The number of benzene rings is 2. The fraction of sp³-hybridized carbons (Fsp3) is 0.300. The number of fused-ring (bicyclic) bond motifs is 1. The van der Waals surface area contributed by atoms with Crippen molar-refractivity contribution in [2.24, 2.45) is 4.99 Å². The SMILES string of the molecule is Cc1ccc(NC(=O)c2ccc(NC3=N[C@H]4CS(=O)(=O)C[C@@H]4S3)cc2)cc1C. The van der Waals surface area contributed by atoms with Crippen molar-refractivity contribution in [3.05, 3.63) is 59.2 Å². The van der Waals surface area contributed by atoms with E-state index in [0.29, 0.717) is 5.56 Å². The van der Waals surface area contributed by atoms with Crippen LogP contribution in [0.25, 0.3) is 0 Å². The van der Waals surface area contributed by atoms with Crippen LogP contribution in [0.3, 0.4) is 0 Å². The summed E-state index contributed by atoms with van der Waals surface area (Å²) >= 11 is 1.47. The molecule has 28 heavy (non-hydrogen) atoms. The zero-order valence-corrected chi connectivity index (χ0v) is 17.2. The molecule has 0 aromatic heterocycles. The van der Waals surface area contributed by atoms with Gasteiger partial charge in [-0.1, -0.05) is 17.8 Å². The molecule has 0 aliphatic carbocycles. The van der Waals surface area contributed by atoms with Gasteiger partial charge in [0.15, 0.2) is 15.0 Å². The van der Waals surface area contributed by atoms with Crippen molar-refractivity contribution in [1.82, 2.24) is 0 Å². The normalized spacial score (nSPS) is 22.4. The van der Waals surface area contributed by atoms with Crippen LogP contribution in [0.4, 0.5) is 11.4 Å². The summed E-state index contributed by atoms with van der Waals surface area (Å²) in [5.41, 5.74) is 4.46. The third kappa shape index (κ3) is 4.07. The lowest BCUT2D eigenvalue weighted by molar-refractivity contribution is 0.102. The largest absolute Gasteiger partial charge is 0.335 e. The zero-order valence-electron chi connectivity index (χ0n) is 15.6. The summed E-state index contributed by atoms with van der Waals surface area (Å²) in [6.07, 6.45) is 0. The Morgan fingerprint density at radius 1 is 1.04 bits per heavy atom. The van der Waals surface area contributed by atoms with E-state index >= 15 is 0 Å². The molecule has 2 atom stereocenters. The second-order valence-electron chi connectivity index (χ2n) is 7.19. The number of nitrogens with one attached hydrogen (secondary N) is 2. The van der Waals surface area contributed by atoms with Crippen LogP contribution in [0, 0.1) is 13.8 Å². The van der Waals surface area contributed by atoms with E-state index in [1.54, 1.807) is 12.1 Å². The number of sulfone groups is 1. The number of amidine groups is 1. The number of aliphatic imine (C=N–C) groups is 1. The number of thioether (sulfide) groups is 1. The highest BCUT2D eigenvalue weighted by Gasteiger charge is 2.42. The number of anilines is 2. The van der Waals surface area contributed by atoms with E-state index in [0.717, 1.165) is 22.1 Å². The third-order valence-electron chi connectivity index (χ3n) is 4.98. The van der Waals surface area contributed by atoms with E-state index in [1.165, 1.54) is 17.3 Å². The van der Waals surface area contributed by atoms with Gasteiger partial charge in [0.05, 0.1) is 17.5 Å². The van der Waals surface area contributed by atoms with Crippen LogP contribution >= 0.6 is 11.8 Å². The number of carbonyl (C=O) groups excluding carboxylic acids is 1. The van der Waals surface area contributed by atoms with Gasteiger partial charge in [-0.2, -0.15) is 0 Å². The molecule has 2 aliphatic rings. The lowest BCUT2D eigenvalue weighted by Crippen LogP contribution is -2.13. The topological polar surface area (TPSA) is 87.6 Å². The fourth-order valence-corrected chi connectivity index (χ4v) is 6.94. The first-order valence-corrected chi connectivity index (χ1v) is 11.7. The minimum Gasteiger partial charge on any atom is -0.335 e. The van der Waals surface area contributed by atoms with E-state index in [1.807, 2.05) is 44.2 Å². The zero-order chi connectivity index (χ0) is 19.9. The van der Waals surface area contributed by atoms with Crippen LogP contribution in [-0.4, -0.2) is 42.3 Å². The van der Waals surface area contributed by atoms with E-state index in [4.69, 9.17) is 0 Å². The van der Waals surface area contributed by atoms with Gasteiger partial charge in [0, 0.05) is 22.2 Å². The molecule has 146 valence electrons. The molecule has 2 aromatic rings. The molecule has 2 heterocycles. The molecular weight excluding hydrogens is 394 g/mol. The molecule has 1 fully saturated rings. The molecule has 4 rings (SSSR count). The summed E-state index contributed by atoms with van der Waals surface area (Å²) in [5, 5.41) is 6.87. The van der Waals surface area contributed by atoms with Gasteiger partial charge in [-0.05, 0) is 61.4 Å². The summed E-state index contributed by atoms with van der Waals surface area (Å²) in [6, 6.07) is 12.8. The van der Waals surface area contributed by atoms with Gasteiger partial charge in [-0.3, -0.25) is 9.79 Å². The molecule has 0 unspecified atom stereocenters. The van der Waals surface area contributed by atoms with Gasteiger partial charge < -0.3 is 10.6 Å². The Hall–Kier alpha value is -2.32. The minimum atomic E-state index is -2.95. The van der Waals surface area contributed by atoms with Gasteiger partial charge in [-0.25, -0.2) is 8.42 Å². The van der Waals surface area contributed by atoms with Crippen LogP contribution in [0.1, 0.15) is 21.5 Å². The molecule has 0 saturated carbocycles. The summed E-state index contributed by atoms with van der Waals surface area (Å²) in [5.74, 6) is 0.157. The number of hydrogen-bond acceptors (Lipinski definition) is 6. The Kier molecular flexibility index (Phi) is 4.93. The molecular formula is C20H21N3O3S2. The summed E-state index contributed by atoms with van der Waals surface area (Å²) in [4.78, 5) is 16.9. The number of hydrogen-bond donors (Lipinski definition) is 2. The maximum atomic E-state index is 12.4. The van der Waals surface area contributed by atoms with Crippen LogP contribution in [0.5, 0.6) is 0 Å². The summed E-state index contributed by atoms with van der Waals surface area (Å²) in [6.45, 7) is 4.05. The van der Waals surface area contributed by atoms with E-state index in [2.05, 4.69) is 15.6 Å². The van der Waals surface area contributed by atoms with Gasteiger partial charge in [-0.15, -0.1) is 0 Å². The van der Waals surface area contributed by atoms with Gasteiger partial charge >= 0.3 is 0 Å². The highest BCUT2D eigenvalue weighted by atomic mass is 32.2. The van der Waals surface area contributed by atoms with Gasteiger partial charge in [0.2, 0.25) is 0 Å². The van der Waals surface area contributed by atoms with Crippen LogP contribution in [-0.2, 0) is 9.84 Å². The van der Waals surface area contributed by atoms with Crippen molar-refractivity contribution < 1.29 is 13.2 Å². The first-order valence-electron chi connectivity index (χ1n) is 9.00. The molecule has 0 radical (unpaired) electrons. The first-order chi connectivity index (χ1) is 13.3. The van der Waals surface area contributed by atoms with E-state index < -0.39 is 9.84 Å². The number of aryl methyl sites for hydroxylation is 2. The number of amides is 1. The maximum Gasteiger partial charge on any atom is 0.255 e. The second kappa shape index (κ2) is 7.25. The van der Waals surface area contributed by atoms with Crippen molar-refractivity contribution in [1.29, 1.82) is 0 Å². The van der Waals surface area contributed by atoms with Gasteiger partial charge in [0.1, 0.15) is 0 Å². The predicted octanol–water partition coefficient (Wildman–Crippen LogP) is 3.24. The van der Waals surface area contributed by atoms with Crippen molar-refractivity contribution in [2.45, 2.75) is 25.1 Å². The van der Waals surface area contributed by atoms with Crippen LogP contribution in [0.2, 0.25) is 0 Å². The van der Waals surface area contributed by atoms with Crippen LogP contribution < -0.4 is 10.6 Å². The summed E-state index contributed by atoms with van der Waals surface area (Å²) < 4.78 is 23.3. The quantitative estimate of drug-likeness (QED) is 0.804. The minimum absolute atomic E-state index is 0.00974. The molecule has 1 saturated heterocycles. The second-order valence-corrected chi connectivity index (χ2v) is 10.6. The van der Waals surface area contributed by atoms with Crippen molar-refractivity contribution in [3.8, 4) is 0 Å². The fourth-order valence-electron chi connectivity index (χ4n) is 3.27. The Morgan fingerprint density at radius 3 is 2.43 bits per heavy atom. The predicted molar refractivity (Wildman–Crippen MR) is 115 cm³/mol. The van der Waals surface area contributed by atoms with E-state index in [9.17, 15) is 13.2 Å². The molecule has 0 bridgehead atoms. The molecule has 2 N–H and O–H groups in total. The molecule has 2 aromatic carbocycles. The van der Waals surface area contributed by atoms with Crippen LogP contribution in [0.15, 0.2) is 47.5 Å². The Morgan fingerprint density at radius 2 is 1.75 bits per heavy atom. The number of nitrogens with zero attached hydrogens (tertiary/aromatic N) is 1. The number of rotatable bonds is 3. The first kappa shape index (κ1) is 19.0. The Labute approximate surface area is 168 Å². The lowest BCUT2D eigenvalue weighted by atomic mass is 10.1. The third-order valence-corrected chi connectivity index (χ3v) is 8.12. The molecule has 8 heteroatoms. The van der Waals surface area contributed by atoms with Crippen molar-refractivity contribution in [3.63, 3.8) is 0 Å². The van der Waals surface area contributed by atoms with Crippen molar-refractivity contribution in [2.75, 3.05) is 22.1 Å². The van der Waals surface area contributed by atoms with E-state index in [-0.39, 0.29) is 28.7 Å². The monoisotopic (exact) mass is 415 g/mol. The Bertz CT molecular complexity index is 1060. The van der Waals surface area contributed by atoms with Crippen molar-refractivity contribution >= 4 is 44.0 Å². The summed E-state index contributed by atoms with van der Waals surface area (Å²) in [7, 11) is -2.95. The molecule has 1 amide bonds. The maximum absolute atomic E-state index is 12.4.